The lowest BCUT2D eigenvalue weighted by atomic mass is 10.1. The van der Waals surface area contributed by atoms with Gasteiger partial charge >= 0.3 is 5.97 Å². The first kappa shape index (κ1) is 9.90. The van der Waals surface area contributed by atoms with Gasteiger partial charge < -0.3 is 9.67 Å². The van der Waals surface area contributed by atoms with Gasteiger partial charge in [0.05, 0.1) is 6.04 Å². The molecule has 0 aromatic carbocycles. The third-order valence-corrected chi connectivity index (χ3v) is 3.76. The van der Waals surface area contributed by atoms with Gasteiger partial charge in [-0.25, -0.2) is 4.79 Å². The molecule has 1 saturated carbocycles. The third-order valence-electron chi connectivity index (χ3n) is 3.76. The summed E-state index contributed by atoms with van der Waals surface area (Å²) in [7, 11) is 2.14. The second-order valence-corrected chi connectivity index (χ2v) is 4.86. The Morgan fingerprint density at radius 1 is 1.38 bits per heavy atom. The average molecular weight is 220 g/mol. The van der Waals surface area contributed by atoms with Crippen molar-refractivity contribution in [2.24, 2.45) is 5.92 Å². The van der Waals surface area contributed by atoms with Crippen molar-refractivity contribution in [1.29, 1.82) is 0 Å². The van der Waals surface area contributed by atoms with Crippen molar-refractivity contribution in [1.82, 2.24) is 9.47 Å². The third kappa shape index (κ3) is 1.37. The van der Waals surface area contributed by atoms with E-state index in [1.807, 2.05) is 10.6 Å². The van der Waals surface area contributed by atoms with Gasteiger partial charge in [-0.05, 0) is 37.9 Å². The smallest absolute Gasteiger partial charge is 0.352 e. The molecule has 2 heterocycles. The van der Waals surface area contributed by atoms with Crippen LogP contribution in [-0.2, 0) is 6.54 Å². The van der Waals surface area contributed by atoms with E-state index < -0.39 is 5.97 Å². The first-order chi connectivity index (χ1) is 7.68. The monoisotopic (exact) mass is 220 g/mol. The lowest BCUT2D eigenvalue weighted by Crippen LogP contribution is -2.37. The van der Waals surface area contributed by atoms with Crippen LogP contribution in [0.1, 0.15) is 35.1 Å². The molecular weight excluding hydrogens is 204 g/mol. The fourth-order valence-electron chi connectivity index (χ4n) is 2.81. The Bertz CT molecular complexity index is 434. The molecule has 0 radical (unpaired) electrons. The van der Waals surface area contributed by atoms with E-state index >= 15 is 0 Å². The summed E-state index contributed by atoms with van der Waals surface area (Å²) in [6.07, 6.45) is 2.56. The van der Waals surface area contributed by atoms with Gasteiger partial charge in [-0.2, -0.15) is 0 Å². The topological polar surface area (TPSA) is 45.5 Å². The molecular formula is C12H16N2O2. The number of carboxylic acid groups (broad SMARTS) is 1. The maximum absolute atomic E-state index is 11.1. The summed E-state index contributed by atoms with van der Waals surface area (Å²) in [6.45, 7) is 1.74. The molecule has 4 heteroatoms. The maximum Gasteiger partial charge on any atom is 0.352 e. The predicted molar refractivity (Wildman–Crippen MR) is 59.5 cm³/mol. The molecule has 4 nitrogen and oxygen atoms in total. The van der Waals surface area contributed by atoms with Crippen LogP contribution in [0.15, 0.2) is 12.1 Å². The lowest BCUT2D eigenvalue weighted by Gasteiger charge is -2.34. The summed E-state index contributed by atoms with van der Waals surface area (Å²) in [5, 5.41) is 9.10. The Kier molecular flexibility index (Phi) is 2.07. The number of carboxylic acids is 1. The van der Waals surface area contributed by atoms with E-state index in [-0.39, 0.29) is 0 Å². The number of carbonyl (C=O) groups is 1. The Morgan fingerprint density at radius 3 is 2.75 bits per heavy atom. The Balaban J connectivity index is 2.03. The highest BCUT2D eigenvalue weighted by Crippen LogP contribution is 2.45. The highest BCUT2D eigenvalue weighted by atomic mass is 16.4. The second kappa shape index (κ2) is 3.35. The highest BCUT2D eigenvalue weighted by Gasteiger charge is 2.39. The minimum Gasteiger partial charge on any atom is -0.477 e. The zero-order valence-electron chi connectivity index (χ0n) is 9.39. The van der Waals surface area contributed by atoms with E-state index in [4.69, 9.17) is 5.11 Å². The normalized spacial score (nSPS) is 25.4. The van der Waals surface area contributed by atoms with E-state index in [9.17, 15) is 4.79 Å². The van der Waals surface area contributed by atoms with Crippen molar-refractivity contribution in [2.75, 3.05) is 13.6 Å². The van der Waals surface area contributed by atoms with Crippen molar-refractivity contribution < 1.29 is 9.90 Å². The van der Waals surface area contributed by atoms with Crippen LogP contribution in [0.5, 0.6) is 0 Å². The number of aromatic carboxylic acids is 1. The highest BCUT2D eigenvalue weighted by molar-refractivity contribution is 5.86. The van der Waals surface area contributed by atoms with Crippen LogP contribution < -0.4 is 0 Å². The minimum atomic E-state index is -0.814. The fourth-order valence-corrected chi connectivity index (χ4v) is 2.81. The number of aromatic nitrogens is 1. The predicted octanol–water partition coefficient (Wildman–Crippen LogP) is 1.58. The van der Waals surface area contributed by atoms with Crippen LogP contribution in [-0.4, -0.2) is 34.1 Å². The molecule has 2 aliphatic rings. The summed E-state index contributed by atoms with van der Waals surface area (Å²) < 4.78 is 1.98. The van der Waals surface area contributed by atoms with Gasteiger partial charge in [-0.15, -0.1) is 0 Å². The molecule has 0 spiro atoms. The summed E-state index contributed by atoms with van der Waals surface area (Å²) in [5.74, 6) is -0.0778. The van der Waals surface area contributed by atoms with Crippen molar-refractivity contribution in [3.8, 4) is 0 Å². The first-order valence-corrected chi connectivity index (χ1v) is 5.81. The summed E-state index contributed by atoms with van der Waals surface area (Å²) in [6, 6.07) is 4.16. The molecule has 1 aromatic heterocycles. The Morgan fingerprint density at radius 2 is 2.12 bits per heavy atom. The van der Waals surface area contributed by atoms with Crippen LogP contribution in [0.3, 0.4) is 0 Å². The standard InChI is InChI=1S/C12H16N2O2/c1-13-6-7-14-9(11(13)8-2-3-8)4-5-10(14)12(15)16/h4-5,8,11H,2-3,6-7H2,1H3,(H,15,16). The molecule has 3 rings (SSSR count). The average Bonchev–Trinajstić information content (AvgIpc) is 2.96. The summed E-state index contributed by atoms with van der Waals surface area (Å²) in [5.41, 5.74) is 1.63. The van der Waals surface area contributed by atoms with Crippen molar-refractivity contribution in [3.63, 3.8) is 0 Å². The van der Waals surface area contributed by atoms with Gasteiger partial charge in [0.25, 0.3) is 0 Å². The van der Waals surface area contributed by atoms with Gasteiger partial charge in [0.1, 0.15) is 5.69 Å². The van der Waals surface area contributed by atoms with Crippen molar-refractivity contribution in [3.05, 3.63) is 23.5 Å². The first-order valence-electron chi connectivity index (χ1n) is 5.81. The van der Waals surface area contributed by atoms with Crippen molar-refractivity contribution >= 4 is 5.97 Å². The molecule has 1 aliphatic carbocycles. The van der Waals surface area contributed by atoms with E-state index in [0.29, 0.717) is 11.7 Å². The SMILES string of the molecule is CN1CCn2c(C(=O)O)ccc2C1C1CC1. The zero-order chi connectivity index (χ0) is 11.3. The molecule has 0 amide bonds. The van der Waals surface area contributed by atoms with Gasteiger partial charge in [0.15, 0.2) is 0 Å². The van der Waals surface area contributed by atoms with E-state index in [1.54, 1.807) is 6.07 Å². The summed E-state index contributed by atoms with van der Waals surface area (Å²) >= 11 is 0. The van der Waals surface area contributed by atoms with Gasteiger partial charge in [0, 0.05) is 18.8 Å². The van der Waals surface area contributed by atoms with Crippen LogP contribution in [0, 0.1) is 5.92 Å². The zero-order valence-corrected chi connectivity index (χ0v) is 9.39. The molecule has 1 atom stereocenters. The molecule has 1 aliphatic heterocycles. The molecule has 0 saturated heterocycles. The van der Waals surface area contributed by atoms with Crippen LogP contribution in [0.2, 0.25) is 0 Å². The van der Waals surface area contributed by atoms with Gasteiger partial charge in [0.2, 0.25) is 0 Å². The van der Waals surface area contributed by atoms with Crippen molar-refractivity contribution in [2.45, 2.75) is 25.4 Å². The van der Waals surface area contributed by atoms with Crippen LogP contribution >= 0.6 is 0 Å². The van der Waals surface area contributed by atoms with Gasteiger partial charge in [-0.1, -0.05) is 0 Å². The quantitative estimate of drug-likeness (QED) is 0.823. The van der Waals surface area contributed by atoms with Crippen LogP contribution in [0.25, 0.3) is 0 Å². The number of fused-ring (bicyclic) bond motifs is 1. The molecule has 1 unspecified atom stereocenters. The van der Waals surface area contributed by atoms with E-state index in [2.05, 4.69) is 11.9 Å². The molecule has 1 fully saturated rings. The molecule has 16 heavy (non-hydrogen) atoms. The summed E-state index contributed by atoms with van der Waals surface area (Å²) in [4.78, 5) is 13.4. The van der Waals surface area contributed by atoms with Gasteiger partial charge in [-0.3, -0.25) is 4.90 Å². The number of hydrogen-bond acceptors (Lipinski definition) is 2. The maximum atomic E-state index is 11.1. The second-order valence-electron chi connectivity index (χ2n) is 4.86. The molecule has 1 N–H and O–H groups in total. The number of hydrogen-bond donors (Lipinski definition) is 1. The lowest BCUT2D eigenvalue weighted by molar-refractivity contribution is 0.0678. The molecule has 0 bridgehead atoms. The molecule has 1 aromatic rings. The number of nitrogens with zero attached hydrogens (tertiary/aromatic N) is 2. The minimum absolute atomic E-state index is 0.432. The number of rotatable bonds is 2. The Labute approximate surface area is 94.5 Å². The van der Waals surface area contributed by atoms with Crippen LogP contribution in [0.4, 0.5) is 0 Å². The fraction of sp³-hybridized carbons (Fsp3) is 0.583. The van der Waals surface area contributed by atoms with E-state index in [0.717, 1.165) is 19.0 Å². The number of likely N-dealkylation sites (N-methyl/N-ethyl adjacent to an activating group) is 1. The largest absolute Gasteiger partial charge is 0.477 e. The Hall–Kier alpha value is -1.29. The van der Waals surface area contributed by atoms with E-state index in [1.165, 1.54) is 18.5 Å². The molecule has 86 valence electrons.